The number of sulfonamides is 1. The van der Waals surface area contributed by atoms with Gasteiger partial charge < -0.3 is 9.15 Å². The van der Waals surface area contributed by atoms with E-state index in [4.69, 9.17) is 9.15 Å². The first-order valence-corrected chi connectivity index (χ1v) is 11.0. The number of fused-ring (bicyclic) bond motifs is 1. The van der Waals surface area contributed by atoms with Crippen LogP contribution in [0.2, 0.25) is 0 Å². The van der Waals surface area contributed by atoms with E-state index in [1.54, 1.807) is 18.2 Å². The van der Waals surface area contributed by atoms with E-state index < -0.39 is 34.4 Å². The number of esters is 1. The number of furan rings is 1. The number of carbonyl (C=O) groups is 3. The molecule has 0 aliphatic carbocycles. The zero-order valence-electron chi connectivity index (χ0n) is 16.5. The van der Waals surface area contributed by atoms with Crippen molar-refractivity contribution in [2.75, 3.05) is 13.2 Å². The zero-order chi connectivity index (χ0) is 22.3. The summed E-state index contributed by atoms with van der Waals surface area (Å²) in [5.74, 6) is -1.70. The molecule has 2 heterocycles. The first kappa shape index (κ1) is 22.2. The molecule has 2 N–H and O–H groups in total. The molecule has 0 radical (unpaired) electrons. The van der Waals surface area contributed by atoms with Gasteiger partial charge in [0, 0.05) is 18.5 Å². The molecule has 164 valence electrons. The average Bonchev–Trinajstić information content (AvgIpc) is 3.36. The second-order valence-corrected chi connectivity index (χ2v) is 8.31. The number of benzene rings is 1. The Hall–Kier alpha value is -3.47. The van der Waals surface area contributed by atoms with E-state index in [9.17, 15) is 22.8 Å². The molecule has 1 aromatic carbocycles. The molecule has 3 rings (SSSR count). The van der Waals surface area contributed by atoms with Crippen LogP contribution in [0.1, 0.15) is 41.8 Å². The monoisotopic (exact) mass is 447 g/mol. The van der Waals surface area contributed by atoms with E-state index in [-0.39, 0.29) is 17.1 Å². The molecule has 0 saturated heterocycles. The summed E-state index contributed by atoms with van der Waals surface area (Å²) in [4.78, 5) is 39.5. The van der Waals surface area contributed by atoms with E-state index in [0.717, 1.165) is 0 Å². The molecule has 1 aliphatic rings. The van der Waals surface area contributed by atoms with Crippen LogP contribution >= 0.6 is 0 Å². The molecule has 0 bridgehead atoms. The van der Waals surface area contributed by atoms with Crippen LogP contribution in [-0.2, 0) is 24.3 Å². The van der Waals surface area contributed by atoms with Crippen molar-refractivity contribution in [3.05, 3.63) is 54.0 Å². The lowest BCUT2D eigenvalue weighted by atomic mass is 10.2. The topological polar surface area (TPSA) is 144 Å². The van der Waals surface area contributed by atoms with Crippen molar-refractivity contribution in [3.8, 4) is 0 Å². The Morgan fingerprint density at radius 1 is 1.06 bits per heavy atom. The van der Waals surface area contributed by atoms with Crippen LogP contribution in [-0.4, -0.2) is 45.2 Å². The van der Waals surface area contributed by atoms with Crippen LogP contribution < -0.4 is 10.0 Å². The predicted octanol–water partition coefficient (Wildman–Crippen LogP) is 1.38. The second kappa shape index (κ2) is 10.0. The van der Waals surface area contributed by atoms with Gasteiger partial charge in [0.05, 0.1) is 11.2 Å². The Bertz CT molecular complexity index is 1090. The first-order chi connectivity index (χ1) is 14.9. The molecule has 0 atom stereocenters. The Morgan fingerprint density at radius 2 is 1.87 bits per heavy atom. The Balaban J connectivity index is 1.31. The molecule has 2 amide bonds. The zero-order valence-corrected chi connectivity index (χ0v) is 17.3. The van der Waals surface area contributed by atoms with Gasteiger partial charge in [-0.05, 0) is 37.1 Å². The molecule has 0 spiro atoms. The molecule has 31 heavy (non-hydrogen) atoms. The molecular weight excluding hydrogens is 426 g/mol. The van der Waals surface area contributed by atoms with E-state index in [1.807, 2.05) is 5.32 Å². The van der Waals surface area contributed by atoms with Gasteiger partial charge in [-0.1, -0.05) is 18.6 Å². The van der Waals surface area contributed by atoms with E-state index in [2.05, 4.69) is 9.71 Å². The summed E-state index contributed by atoms with van der Waals surface area (Å²) in [6, 6.07) is 9.53. The molecule has 1 aromatic heterocycles. The number of nitrogens with zero attached hydrogens (tertiary/aromatic N) is 1. The highest BCUT2D eigenvalue weighted by molar-refractivity contribution is 7.90. The van der Waals surface area contributed by atoms with Crippen LogP contribution in [0.15, 0.2) is 57.0 Å². The van der Waals surface area contributed by atoms with Gasteiger partial charge >= 0.3 is 5.97 Å². The fraction of sp³-hybridized carbons (Fsp3) is 0.300. The second-order valence-electron chi connectivity index (χ2n) is 6.66. The number of nitrogens with one attached hydrogen (secondary N) is 2. The van der Waals surface area contributed by atoms with Gasteiger partial charge in [0.1, 0.15) is 5.84 Å². The predicted molar refractivity (Wildman–Crippen MR) is 109 cm³/mol. The summed E-state index contributed by atoms with van der Waals surface area (Å²) >= 11 is 0. The third-order valence-electron chi connectivity index (χ3n) is 4.33. The fourth-order valence-corrected chi connectivity index (χ4v) is 4.10. The largest absolute Gasteiger partial charge is 0.459 e. The van der Waals surface area contributed by atoms with Crippen molar-refractivity contribution < 1.29 is 32.0 Å². The van der Waals surface area contributed by atoms with Crippen molar-refractivity contribution in [2.45, 2.75) is 30.6 Å². The number of amidine groups is 1. The highest BCUT2D eigenvalue weighted by Crippen LogP contribution is 2.22. The van der Waals surface area contributed by atoms with Crippen LogP contribution in [0.3, 0.4) is 0 Å². The van der Waals surface area contributed by atoms with Crippen molar-refractivity contribution in [1.29, 1.82) is 0 Å². The maximum atomic E-state index is 12.0. The van der Waals surface area contributed by atoms with Gasteiger partial charge in [-0.25, -0.2) is 8.42 Å². The standard InChI is InChI=1S/C20H21N3O7S/c24-17(22-20(26)15-8-6-12-29-15)13-30-18(25)10-2-1-5-11-21-19-14-7-3-4-9-16(14)31(27,28)23-19/h3-4,6-9,12H,1-2,5,10-11,13H2,(H,21,23)(H,22,24,26). The van der Waals surface area contributed by atoms with E-state index in [1.165, 1.54) is 24.5 Å². The summed E-state index contributed by atoms with van der Waals surface area (Å²) in [6.07, 6.45) is 3.27. The molecular formula is C20H21N3O7S. The van der Waals surface area contributed by atoms with Gasteiger partial charge in [0.15, 0.2) is 12.4 Å². The number of ether oxygens (including phenoxy) is 1. The number of carbonyl (C=O) groups excluding carboxylic acids is 3. The first-order valence-electron chi connectivity index (χ1n) is 9.57. The van der Waals surface area contributed by atoms with Crippen molar-refractivity contribution in [1.82, 2.24) is 10.0 Å². The van der Waals surface area contributed by atoms with Crippen molar-refractivity contribution in [3.63, 3.8) is 0 Å². The Kier molecular flexibility index (Phi) is 7.19. The normalized spacial score (nSPS) is 15.2. The Labute approximate surface area is 178 Å². The number of amides is 2. The third kappa shape index (κ3) is 6.01. The number of hydrogen-bond acceptors (Lipinski definition) is 8. The average molecular weight is 447 g/mol. The molecule has 11 heteroatoms. The van der Waals surface area contributed by atoms with Crippen molar-refractivity contribution in [2.24, 2.45) is 4.99 Å². The van der Waals surface area contributed by atoms with Gasteiger partial charge in [-0.3, -0.25) is 29.4 Å². The maximum absolute atomic E-state index is 12.0. The smallest absolute Gasteiger partial charge is 0.306 e. The van der Waals surface area contributed by atoms with Crippen molar-refractivity contribution >= 4 is 33.6 Å². The summed E-state index contributed by atoms with van der Waals surface area (Å²) in [7, 11) is -3.55. The summed E-state index contributed by atoms with van der Waals surface area (Å²) in [6.45, 7) is -0.156. The number of hydrogen-bond donors (Lipinski definition) is 2. The van der Waals surface area contributed by atoms with Crippen LogP contribution in [0.25, 0.3) is 0 Å². The molecule has 1 aliphatic heterocycles. The van der Waals surface area contributed by atoms with Gasteiger partial charge in [0.2, 0.25) is 0 Å². The van der Waals surface area contributed by atoms with E-state index in [0.29, 0.717) is 37.2 Å². The third-order valence-corrected chi connectivity index (χ3v) is 5.73. The number of unbranched alkanes of at least 4 members (excludes halogenated alkanes) is 2. The van der Waals surface area contributed by atoms with Crippen LogP contribution in [0.5, 0.6) is 0 Å². The Morgan fingerprint density at radius 3 is 2.65 bits per heavy atom. The van der Waals surface area contributed by atoms with Crippen LogP contribution in [0.4, 0.5) is 0 Å². The summed E-state index contributed by atoms with van der Waals surface area (Å²) in [5.41, 5.74) is 0.551. The summed E-state index contributed by atoms with van der Waals surface area (Å²) in [5, 5.41) is 2.05. The minimum atomic E-state index is -3.55. The molecule has 2 aromatic rings. The fourth-order valence-electron chi connectivity index (χ4n) is 2.85. The minimum Gasteiger partial charge on any atom is -0.459 e. The molecule has 0 unspecified atom stereocenters. The lowest BCUT2D eigenvalue weighted by Gasteiger charge is -2.05. The molecule has 0 saturated carbocycles. The maximum Gasteiger partial charge on any atom is 0.306 e. The molecule has 10 nitrogen and oxygen atoms in total. The minimum absolute atomic E-state index is 0.0165. The lowest BCUT2D eigenvalue weighted by Crippen LogP contribution is -2.33. The van der Waals surface area contributed by atoms with Crippen LogP contribution in [0, 0.1) is 0 Å². The SMILES string of the molecule is O=C(COC(=O)CCCCCN=C1NS(=O)(=O)c2ccccc21)NC(=O)c1ccco1. The van der Waals surface area contributed by atoms with Gasteiger partial charge in [-0.15, -0.1) is 0 Å². The highest BCUT2D eigenvalue weighted by Gasteiger charge is 2.29. The lowest BCUT2D eigenvalue weighted by molar-refractivity contribution is -0.148. The van der Waals surface area contributed by atoms with E-state index >= 15 is 0 Å². The quantitative estimate of drug-likeness (QED) is 0.436. The number of imide groups is 1. The number of aliphatic imine (C=N–C) groups is 1. The molecule has 0 fully saturated rings. The summed E-state index contributed by atoms with van der Waals surface area (Å²) < 4.78 is 36.1. The highest BCUT2D eigenvalue weighted by atomic mass is 32.2. The number of rotatable bonds is 9. The van der Waals surface area contributed by atoms with Gasteiger partial charge in [-0.2, -0.15) is 0 Å². The van der Waals surface area contributed by atoms with Gasteiger partial charge in [0.25, 0.3) is 21.8 Å².